The van der Waals surface area contributed by atoms with Crippen molar-refractivity contribution in [3.05, 3.63) is 48.0 Å². The molecule has 8 heteroatoms. The SMILES string of the molecule is CCSc1cccc(C(=O)N(CCCN2CCOCC2)c2nc3cc(OC)ccc3s2)c1. The lowest BCUT2D eigenvalue weighted by atomic mass is 10.2. The highest BCUT2D eigenvalue weighted by atomic mass is 32.2. The molecule has 1 aromatic heterocycles. The Kier molecular flexibility index (Phi) is 8.02. The molecule has 1 fully saturated rings. The van der Waals surface area contributed by atoms with Gasteiger partial charge >= 0.3 is 0 Å². The second kappa shape index (κ2) is 11.1. The van der Waals surface area contributed by atoms with Gasteiger partial charge in [-0.15, -0.1) is 11.8 Å². The van der Waals surface area contributed by atoms with E-state index in [4.69, 9.17) is 14.5 Å². The highest BCUT2D eigenvalue weighted by Crippen LogP contribution is 2.32. The molecular weight excluding hydrogens is 442 g/mol. The van der Waals surface area contributed by atoms with Crippen LogP contribution in [0.4, 0.5) is 5.13 Å². The van der Waals surface area contributed by atoms with Crippen LogP contribution in [-0.2, 0) is 4.74 Å². The number of aromatic nitrogens is 1. The molecule has 6 nitrogen and oxygen atoms in total. The van der Waals surface area contributed by atoms with E-state index < -0.39 is 0 Å². The predicted octanol–water partition coefficient (Wildman–Crippen LogP) is 4.79. The second-order valence-electron chi connectivity index (χ2n) is 7.56. The quantitative estimate of drug-likeness (QED) is 0.419. The number of benzene rings is 2. The zero-order valence-corrected chi connectivity index (χ0v) is 20.2. The van der Waals surface area contributed by atoms with Crippen LogP contribution >= 0.6 is 23.1 Å². The number of ether oxygens (including phenoxy) is 2. The number of rotatable bonds is 9. The summed E-state index contributed by atoms with van der Waals surface area (Å²) < 4.78 is 11.8. The van der Waals surface area contributed by atoms with Crippen molar-refractivity contribution in [3.8, 4) is 5.75 Å². The lowest BCUT2D eigenvalue weighted by molar-refractivity contribution is 0.0376. The monoisotopic (exact) mass is 471 g/mol. The number of amides is 1. The van der Waals surface area contributed by atoms with Gasteiger partial charge in [0.1, 0.15) is 5.75 Å². The number of thiazole rings is 1. The first-order valence-corrected chi connectivity index (χ1v) is 12.8. The van der Waals surface area contributed by atoms with Gasteiger partial charge in [-0.25, -0.2) is 4.98 Å². The summed E-state index contributed by atoms with van der Waals surface area (Å²) in [5, 5.41) is 0.730. The maximum atomic E-state index is 13.6. The van der Waals surface area contributed by atoms with E-state index in [0.717, 1.165) is 71.0 Å². The Morgan fingerprint density at radius 2 is 2.09 bits per heavy atom. The van der Waals surface area contributed by atoms with E-state index in [2.05, 4.69) is 17.9 Å². The van der Waals surface area contributed by atoms with Crippen LogP contribution in [0, 0.1) is 0 Å². The smallest absolute Gasteiger partial charge is 0.260 e. The van der Waals surface area contributed by atoms with Crippen molar-refractivity contribution in [2.45, 2.75) is 18.2 Å². The van der Waals surface area contributed by atoms with Crippen LogP contribution in [0.15, 0.2) is 47.4 Å². The van der Waals surface area contributed by atoms with Gasteiger partial charge in [0.2, 0.25) is 0 Å². The van der Waals surface area contributed by atoms with Gasteiger partial charge < -0.3 is 9.47 Å². The van der Waals surface area contributed by atoms with E-state index in [1.807, 2.05) is 41.3 Å². The van der Waals surface area contributed by atoms with Gasteiger partial charge in [0.15, 0.2) is 5.13 Å². The first-order chi connectivity index (χ1) is 15.7. The third-order valence-electron chi connectivity index (χ3n) is 5.41. The number of hydrogen-bond acceptors (Lipinski definition) is 7. The average molecular weight is 472 g/mol. The number of thioether (sulfide) groups is 1. The van der Waals surface area contributed by atoms with Crippen molar-refractivity contribution in [1.82, 2.24) is 9.88 Å². The molecule has 0 aliphatic carbocycles. The number of anilines is 1. The van der Waals surface area contributed by atoms with E-state index in [9.17, 15) is 4.79 Å². The summed E-state index contributed by atoms with van der Waals surface area (Å²) in [6, 6.07) is 13.8. The van der Waals surface area contributed by atoms with Crippen molar-refractivity contribution < 1.29 is 14.3 Å². The predicted molar refractivity (Wildman–Crippen MR) is 133 cm³/mol. The van der Waals surface area contributed by atoms with Crippen molar-refractivity contribution >= 4 is 44.4 Å². The number of carbonyl (C=O) groups excluding carboxylic acids is 1. The fraction of sp³-hybridized carbons (Fsp3) is 0.417. The summed E-state index contributed by atoms with van der Waals surface area (Å²) in [4.78, 5) is 23.8. The summed E-state index contributed by atoms with van der Waals surface area (Å²) in [5.41, 5.74) is 1.55. The molecule has 3 aromatic rings. The number of fused-ring (bicyclic) bond motifs is 1. The zero-order chi connectivity index (χ0) is 22.3. The van der Waals surface area contributed by atoms with E-state index >= 15 is 0 Å². The average Bonchev–Trinajstić information content (AvgIpc) is 3.25. The molecule has 32 heavy (non-hydrogen) atoms. The van der Waals surface area contributed by atoms with Gasteiger partial charge in [0.25, 0.3) is 5.91 Å². The summed E-state index contributed by atoms with van der Waals surface area (Å²) in [6.07, 6.45) is 0.883. The molecule has 1 amide bonds. The van der Waals surface area contributed by atoms with Gasteiger partial charge in [0, 0.05) is 42.7 Å². The fourth-order valence-corrected chi connectivity index (χ4v) is 5.43. The van der Waals surface area contributed by atoms with E-state index in [1.54, 1.807) is 30.2 Å². The van der Waals surface area contributed by atoms with Gasteiger partial charge in [-0.2, -0.15) is 0 Å². The highest BCUT2D eigenvalue weighted by molar-refractivity contribution is 7.99. The Labute approximate surface area is 197 Å². The molecule has 2 heterocycles. The molecule has 1 aliphatic rings. The number of nitrogens with zero attached hydrogens (tertiary/aromatic N) is 3. The van der Waals surface area contributed by atoms with E-state index in [-0.39, 0.29) is 5.91 Å². The normalized spacial score (nSPS) is 14.6. The van der Waals surface area contributed by atoms with Crippen molar-refractivity contribution in [1.29, 1.82) is 0 Å². The molecule has 1 saturated heterocycles. The van der Waals surface area contributed by atoms with Crippen LogP contribution in [0.5, 0.6) is 5.75 Å². The van der Waals surface area contributed by atoms with Crippen molar-refractivity contribution in [2.75, 3.05) is 57.2 Å². The van der Waals surface area contributed by atoms with Crippen LogP contribution in [0.2, 0.25) is 0 Å². The Bertz CT molecular complexity index is 1050. The number of carbonyl (C=O) groups is 1. The van der Waals surface area contributed by atoms with E-state index in [1.165, 1.54) is 0 Å². The van der Waals surface area contributed by atoms with Crippen molar-refractivity contribution in [3.63, 3.8) is 0 Å². The first-order valence-electron chi connectivity index (χ1n) is 11.0. The fourth-order valence-electron chi connectivity index (χ4n) is 3.74. The van der Waals surface area contributed by atoms with Gasteiger partial charge in [0.05, 0.1) is 30.5 Å². The topological polar surface area (TPSA) is 54.9 Å². The summed E-state index contributed by atoms with van der Waals surface area (Å²) in [7, 11) is 1.65. The van der Waals surface area contributed by atoms with Crippen LogP contribution < -0.4 is 9.64 Å². The molecule has 170 valence electrons. The van der Waals surface area contributed by atoms with Crippen molar-refractivity contribution in [2.24, 2.45) is 0 Å². The molecule has 0 radical (unpaired) electrons. The Hall–Kier alpha value is -2.13. The molecule has 0 spiro atoms. The largest absolute Gasteiger partial charge is 0.497 e. The minimum Gasteiger partial charge on any atom is -0.497 e. The van der Waals surface area contributed by atoms with Crippen LogP contribution in [0.25, 0.3) is 10.2 Å². The lowest BCUT2D eigenvalue weighted by Gasteiger charge is -2.27. The molecule has 4 rings (SSSR count). The molecule has 0 atom stereocenters. The maximum Gasteiger partial charge on any atom is 0.260 e. The third-order valence-corrected chi connectivity index (χ3v) is 7.35. The molecular formula is C24H29N3O3S2. The molecule has 0 bridgehead atoms. The minimum absolute atomic E-state index is 0.00319. The van der Waals surface area contributed by atoms with Crippen LogP contribution in [-0.4, -0.2) is 68.0 Å². The zero-order valence-electron chi connectivity index (χ0n) is 18.6. The molecule has 0 unspecified atom stereocenters. The number of morpholine rings is 1. The Balaban J connectivity index is 1.58. The van der Waals surface area contributed by atoms with E-state index in [0.29, 0.717) is 12.1 Å². The number of methoxy groups -OCH3 is 1. The highest BCUT2D eigenvalue weighted by Gasteiger charge is 2.22. The van der Waals surface area contributed by atoms with Crippen LogP contribution in [0.1, 0.15) is 23.7 Å². The third kappa shape index (κ3) is 5.61. The molecule has 1 aliphatic heterocycles. The standard InChI is InChI=1S/C24H29N3O3S2/c1-3-31-20-7-4-6-18(16-20)23(28)27(11-5-10-26-12-14-30-15-13-26)24-25-21-17-19(29-2)8-9-22(21)32-24/h4,6-9,16-17H,3,5,10-15H2,1-2H3. The molecule has 2 aromatic carbocycles. The summed E-state index contributed by atoms with van der Waals surface area (Å²) in [6.45, 7) is 7.15. The Morgan fingerprint density at radius 1 is 1.25 bits per heavy atom. The molecule has 0 N–H and O–H groups in total. The first kappa shape index (κ1) is 23.0. The molecule has 0 saturated carbocycles. The minimum atomic E-state index is -0.00319. The maximum absolute atomic E-state index is 13.6. The summed E-state index contributed by atoms with van der Waals surface area (Å²) in [5.74, 6) is 1.74. The lowest BCUT2D eigenvalue weighted by Crippen LogP contribution is -2.39. The van der Waals surface area contributed by atoms with Gasteiger partial charge in [-0.3, -0.25) is 14.6 Å². The van der Waals surface area contributed by atoms with Gasteiger partial charge in [-0.05, 0) is 42.5 Å². The van der Waals surface area contributed by atoms with Crippen LogP contribution in [0.3, 0.4) is 0 Å². The number of hydrogen-bond donors (Lipinski definition) is 0. The Morgan fingerprint density at radius 3 is 2.88 bits per heavy atom. The summed E-state index contributed by atoms with van der Waals surface area (Å²) >= 11 is 3.29. The van der Waals surface area contributed by atoms with Gasteiger partial charge in [-0.1, -0.05) is 24.3 Å². The second-order valence-corrected chi connectivity index (χ2v) is 9.90.